The number of aromatic amines is 1. The molecule has 2 atom stereocenters. The molecule has 4 nitrogen and oxygen atoms in total. The van der Waals surface area contributed by atoms with Crippen LogP contribution < -0.4 is 5.32 Å². The molecule has 1 aromatic heterocycles. The molecule has 1 fully saturated rings. The van der Waals surface area contributed by atoms with Crippen molar-refractivity contribution < 1.29 is 9.90 Å². The van der Waals surface area contributed by atoms with Crippen LogP contribution in [0.15, 0.2) is 24.3 Å². The van der Waals surface area contributed by atoms with Gasteiger partial charge in [-0.1, -0.05) is 24.6 Å². The Hall–Kier alpha value is -1.81. The van der Waals surface area contributed by atoms with E-state index in [0.29, 0.717) is 0 Å². The van der Waals surface area contributed by atoms with E-state index < -0.39 is 0 Å². The van der Waals surface area contributed by atoms with Crippen LogP contribution in [-0.4, -0.2) is 28.6 Å². The molecule has 1 amide bonds. The van der Waals surface area contributed by atoms with Gasteiger partial charge in [0, 0.05) is 35.2 Å². The Kier molecular flexibility index (Phi) is 3.49. The molecule has 1 aliphatic carbocycles. The number of fused-ring (bicyclic) bond motifs is 1. The van der Waals surface area contributed by atoms with Gasteiger partial charge in [-0.25, -0.2) is 0 Å². The van der Waals surface area contributed by atoms with E-state index in [2.05, 4.69) is 10.3 Å². The minimum Gasteiger partial charge on any atom is -0.396 e. The maximum atomic E-state index is 12.5. The number of para-hydroxylation sites is 1. The van der Waals surface area contributed by atoms with Gasteiger partial charge in [0.15, 0.2) is 0 Å². The van der Waals surface area contributed by atoms with Gasteiger partial charge in [0.1, 0.15) is 0 Å². The first-order valence-corrected chi connectivity index (χ1v) is 7.19. The zero-order valence-corrected chi connectivity index (χ0v) is 11.6. The van der Waals surface area contributed by atoms with Crippen molar-refractivity contribution in [2.45, 2.75) is 32.2 Å². The molecule has 0 aliphatic heterocycles. The Morgan fingerprint density at radius 3 is 3.00 bits per heavy atom. The second-order valence-corrected chi connectivity index (χ2v) is 5.62. The molecule has 3 N–H and O–H groups in total. The lowest BCUT2D eigenvalue weighted by molar-refractivity contribution is 0.0917. The number of rotatable bonds is 3. The maximum Gasteiger partial charge on any atom is 0.253 e. The molecule has 1 aromatic carbocycles. The first-order chi connectivity index (χ1) is 9.70. The molecule has 2 unspecified atom stereocenters. The summed E-state index contributed by atoms with van der Waals surface area (Å²) in [4.78, 5) is 15.8. The number of nitrogens with one attached hydrogen (secondary N) is 2. The molecule has 4 heteroatoms. The highest BCUT2D eigenvalue weighted by Gasteiger charge is 2.29. The summed E-state index contributed by atoms with van der Waals surface area (Å²) in [6.45, 7) is 2.07. The van der Waals surface area contributed by atoms with Crippen LogP contribution in [0.3, 0.4) is 0 Å². The number of benzene rings is 1. The third-order valence-electron chi connectivity index (χ3n) is 4.33. The molecule has 0 spiro atoms. The van der Waals surface area contributed by atoms with E-state index in [1.54, 1.807) is 0 Å². The van der Waals surface area contributed by atoms with Crippen molar-refractivity contribution in [3.63, 3.8) is 0 Å². The van der Waals surface area contributed by atoms with Crippen molar-refractivity contribution in [3.8, 4) is 0 Å². The highest BCUT2D eigenvalue weighted by Crippen LogP contribution is 2.27. The summed E-state index contributed by atoms with van der Waals surface area (Å²) in [5, 5.41) is 13.4. The summed E-state index contributed by atoms with van der Waals surface area (Å²) in [6.07, 6.45) is 3.02. The van der Waals surface area contributed by atoms with Crippen molar-refractivity contribution in [1.29, 1.82) is 0 Å². The Balaban J connectivity index is 1.87. The maximum absolute atomic E-state index is 12.5. The number of hydrogen-bond donors (Lipinski definition) is 3. The van der Waals surface area contributed by atoms with Crippen LogP contribution in [-0.2, 0) is 0 Å². The molecule has 106 valence electrons. The van der Waals surface area contributed by atoms with Crippen LogP contribution in [0.5, 0.6) is 0 Å². The van der Waals surface area contributed by atoms with Crippen LogP contribution in [0.2, 0.25) is 0 Å². The highest BCUT2D eigenvalue weighted by molar-refractivity contribution is 6.08. The molecule has 0 radical (unpaired) electrons. The van der Waals surface area contributed by atoms with Crippen molar-refractivity contribution in [1.82, 2.24) is 10.3 Å². The van der Waals surface area contributed by atoms with Gasteiger partial charge in [0.2, 0.25) is 0 Å². The molecular weight excluding hydrogens is 252 g/mol. The second-order valence-electron chi connectivity index (χ2n) is 5.62. The number of carbonyl (C=O) groups is 1. The molecule has 2 aromatic rings. The molecule has 3 rings (SSSR count). The van der Waals surface area contributed by atoms with Gasteiger partial charge in [-0.05, 0) is 25.8 Å². The monoisotopic (exact) mass is 272 g/mol. The van der Waals surface area contributed by atoms with Crippen molar-refractivity contribution >= 4 is 16.8 Å². The zero-order valence-electron chi connectivity index (χ0n) is 11.6. The number of aryl methyl sites for hydroxylation is 1. The summed E-state index contributed by atoms with van der Waals surface area (Å²) < 4.78 is 0. The third-order valence-corrected chi connectivity index (χ3v) is 4.33. The van der Waals surface area contributed by atoms with Crippen molar-refractivity contribution in [2.75, 3.05) is 6.61 Å². The van der Waals surface area contributed by atoms with E-state index in [4.69, 9.17) is 0 Å². The summed E-state index contributed by atoms with van der Waals surface area (Å²) in [6, 6.07) is 7.94. The first kappa shape index (κ1) is 13.2. The number of aliphatic hydroxyl groups excluding tert-OH is 1. The van der Waals surface area contributed by atoms with Crippen LogP contribution in [0.4, 0.5) is 0 Å². The molecule has 20 heavy (non-hydrogen) atoms. The zero-order chi connectivity index (χ0) is 14.1. The van der Waals surface area contributed by atoms with Crippen molar-refractivity contribution in [3.05, 3.63) is 35.5 Å². The van der Waals surface area contributed by atoms with E-state index in [0.717, 1.165) is 41.4 Å². The van der Waals surface area contributed by atoms with Crippen molar-refractivity contribution in [2.24, 2.45) is 5.92 Å². The molecular formula is C16H20N2O2. The summed E-state index contributed by atoms with van der Waals surface area (Å²) in [5.41, 5.74) is 2.60. The lowest BCUT2D eigenvalue weighted by atomic mass is 10.0. The largest absolute Gasteiger partial charge is 0.396 e. The third kappa shape index (κ3) is 2.20. The van der Waals surface area contributed by atoms with Crippen LogP contribution in [0.25, 0.3) is 10.9 Å². The molecule has 1 aliphatic rings. The summed E-state index contributed by atoms with van der Waals surface area (Å²) in [5.74, 6) is 0.162. The fraction of sp³-hybridized carbons (Fsp3) is 0.438. The summed E-state index contributed by atoms with van der Waals surface area (Å²) in [7, 11) is 0. The van der Waals surface area contributed by atoms with Gasteiger partial charge in [-0.3, -0.25) is 4.79 Å². The topological polar surface area (TPSA) is 65.1 Å². The average molecular weight is 272 g/mol. The van der Waals surface area contributed by atoms with Gasteiger partial charge in [-0.2, -0.15) is 0 Å². The minimum absolute atomic E-state index is 0.0368. The van der Waals surface area contributed by atoms with E-state index >= 15 is 0 Å². The number of aliphatic hydroxyl groups is 1. The number of aromatic nitrogens is 1. The molecule has 1 heterocycles. The fourth-order valence-electron chi connectivity index (χ4n) is 3.26. The van der Waals surface area contributed by atoms with Crippen LogP contribution in [0.1, 0.15) is 35.3 Å². The first-order valence-electron chi connectivity index (χ1n) is 7.19. The van der Waals surface area contributed by atoms with E-state index in [9.17, 15) is 9.90 Å². The van der Waals surface area contributed by atoms with Gasteiger partial charge in [0.25, 0.3) is 5.91 Å². The van der Waals surface area contributed by atoms with Gasteiger partial charge >= 0.3 is 0 Å². The quantitative estimate of drug-likeness (QED) is 0.803. The average Bonchev–Trinajstić information content (AvgIpc) is 3.01. The Morgan fingerprint density at radius 1 is 1.40 bits per heavy atom. The van der Waals surface area contributed by atoms with Gasteiger partial charge < -0.3 is 15.4 Å². The fourth-order valence-corrected chi connectivity index (χ4v) is 3.26. The Bertz CT molecular complexity index is 632. The smallest absolute Gasteiger partial charge is 0.253 e. The predicted octanol–water partition coefficient (Wildman–Crippen LogP) is 2.37. The highest BCUT2D eigenvalue weighted by atomic mass is 16.3. The van der Waals surface area contributed by atoms with Gasteiger partial charge in [0.05, 0.1) is 5.56 Å². The Labute approximate surface area is 118 Å². The number of hydrogen-bond acceptors (Lipinski definition) is 2. The number of amides is 1. The summed E-state index contributed by atoms with van der Waals surface area (Å²) >= 11 is 0. The number of H-pyrrole nitrogens is 1. The van der Waals surface area contributed by atoms with E-state index in [-0.39, 0.29) is 24.5 Å². The minimum atomic E-state index is -0.0368. The van der Waals surface area contributed by atoms with E-state index in [1.165, 1.54) is 0 Å². The van der Waals surface area contributed by atoms with Crippen LogP contribution in [0, 0.1) is 12.8 Å². The standard InChI is InChI=1S/C16H20N2O2/c1-10-15(12-6-2-3-7-14(12)17-10)16(20)18-13-8-4-5-11(13)9-19/h2-3,6-7,11,13,17,19H,4-5,8-9H2,1H3,(H,18,20). The lowest BCUT2D eigenvalue weighted by Crippen LogP contribution is -2.38. The molecule has 1 saturated carbocycles. The van der Waals surface area contributed by atoms with Gasteiger partial charge in [-0.15, -0.1) is 0 Å². The SMILES string of the molecule is Cc1[nH]c2ccccc2c1C(=O)NC1CCCC1CO. The number of carbonyl (C=O) groups excluding carboxylic acids is 1. The molecule has 0 bridgehead atoms. The van der Waals surface area contributed by atoms with E-state index in [1.807, 2.05) is 31.2 Å². The lowest BCUT2D eigenvalue weighted by Gasteiger charge is -2.19. The molecule has 0 saturated heterocycles. The normalized spacial score (nSPS) is 22.3. The van der Waals surface area contributed by atoms with Crippen LogP contribution >= 0.6 is 0 Å². The Morgan fingerprint density at radius 2 is 2.20 bits per heavy atom. The predicted molar refractivity (Wildman–Crippen MR) is 78.7 cm³/mol. The second kappa shape index (κ2) is 5.29.